The maximum absolute atomic E-state index is 13.8. The van der Waals surface area contributed by atoms with Crippen LogP contribution in [-0.4, -0.2) is 27.7 Å². The Morgan fingerprint density at radius 3 is 1.43 bits per heavy atom. The Kier molecular flexibility index (Phi) is 9.10. The van der Waals surface area contributed by atoms with Gasteiger partial charge >= 0.3 is 8.80 Å². The van der Waals surface area contributed by atoms with Gasteiger partial charge in [-0.3, -0.25) is 9.13 Å². The summed E-state index contributed by atoms with van der Waals surface area (Å²) in [6, 6.07) is 17.4. The molecule has 1 atom stereocenters. The van der Waals surface area contributed by atoms with Crippen molar-refractivity contribution in [2.75, 3.05) is 28.1 Å². The maximum atomic E-state index is 13.8. The standard InChI is InChI=1S/C36H51N4OSi/c1-24(2)31-15-13-16-32(25(3)4)35(31)39-28(9)23-29(10)40(36-33(26(5)6)17-14-18-34(36)27(7)8)42(39,41)38-21-19-30(20-22-38)37(11)12/h13-27,41H,9H2,1-8,10-12H3/q+1/t42-/m0/s1. The van der Waals surface area contributed by atoms with E-state index in [2.05, 4.69) is 142 Å². The average Bonchev–Trinajstić information content (AvgIpc) is 2.92. The Bertz CT molecular complexity index is 1420. The van der Waals surface area contributed by atoms with Gasteiger partial charge in [0.1, 0.15) is 0 Å². The van der Waals surface area contributed by atoms with Gasteiger partial charge in [-0.1, -0.05) is 98.4 Å². The average molecular weight is 584 g/mol. The van der Waals surface area contributed by atoms with Crippen molar-refractivity contribution < 1.29 is 9.03 Å². The van der Waals surface area contributed by atoms with Crippen LogP contribution in [0.4, 0.5) is 17.1 Å². The summed E-state index contributed by atoms with van der Waals surface area (Å²) in [6.45, 7) is 24.6. The van der Waals surface area contributed by atoms with Gasteiger partial charge in [-0.05, 0) is 58.9 Å². The first-order valence-corrected chi connectivity index (χ1v) is 17.1. The molecule has 0 unspecified atom stereocenters. The van der Waals surface area contributed by atoms with Crippen LogP contribution in [0.5, 0.6) is 0 Å². The third kappa shape index (κ3) is 5.43. The van der Waals surface area contributed by atoms with E-state index in [1.165, 1.54) is 22.3 Å². The summed E-state index contributed by atoms with van der Waals surface area (Å²) in [5, 5.41) is 0. The molecule has 2 aromatic carbocycles. The van der Waals surface area contributed by atoms with Gasteiger partial charge < -0.3 is 9.70 Å². The van der Waals surface area contributed by atoms with Gasteiger partial charge in [0.25, 0.3) is 0 Å². The molecule has 42 heavy (non-hydrogen) atoms. The van der Waals surface area contributed by atoms with Gasteiger partial charge in [0.05, 0.1) is 0 Å². The molecule has 0 fully saturated rings. The van der Waals surface area contributed by atoms with E-state index in [-0.39, 0.29) is 23.7 Å². The molecule has 6 heteroatoms. The molecule has 1 aliphatic rings. The van der Waals surface area contributed by atoms with Gasteiger partial charge in [0, 0.05) is 54.7 Å². The summed E-state index contributed by atoms with van der Waals surface area (Å²) < 4.78 is 6.56. The van der Waals surface area contributed by atoms with Crippen molar-refractivity contribution in [3.05, 3.63) is 107 Å². The molecule has 0 bridgehead atoms. The normalized spacial score (nSPS) is 17.6. The van der Waals surface area contributed by atoms with Crippen molar-refractivity contribution in [2.24, 2.45) is 0 Å². The van der Waals surface area contributed by atoms with E-state index in [9.17, 15) is 4.80 Å². The zero-order chi connectivity index (χ0) is 31.1. The van der Waals surface area contributed by atoms with Gasteiger partial charge in [0.15, 0.2) is 12.4 Å². The first-order chi connectivity index (χ1) is 19.7. The van der Waals surface area contributed by atoms with Crippen LogP contribution in [0.1, 0.15) is 108 Å². The molecule has 0 aliphatic carbocycles. The first-order valence-electron chi connectivity index (χ1n) is 15.4. The third-order valence-electron chi connectivity index (χ3n) is 8.42. The van der Waals surface area contributed by atoms with Crippen molar-refractivity contribution in [3.63, 3.8) is 0 Å². The zero-order valence-corrected chi connectivity index (χ0v) is 28.6. The predicted molar refractivity (Wildman–Crippen MR) is 181 cm³/mol. The highest BCUT2D eigenvalue weighted by Crippen LogP contribution is 2.46. The molecule has 0 saturated heterocycles. The molecular formula is C36H51N4OSi+. The van der Waals surface area contributed by atoms with E-state index >= 15 is 0 Å². The molecule has 2 heterocycles. The van der Waals surface area contributed by atoms with E-state index in [0.717, 1.165) is 28.5 Å². The summed E-state index contributed by atoms with van der Waals surface area (Å²) in [4.78, 5) is 15.9. The van der Waals surface area contributed by atoms with Crippen LogP contribution in [0.25, 0.3) is 0 Å². The van der Waals surface area contributed by atoms with Crippen molar-refractivity contribution >= 4 is 25.9 Å². The van der Waals surface area contributed by atoms with Gasteiger partial charge in [-0.25, -0.2) is 4.23 Å². The van der Waals surface area contributed by atoms with E-state index in [1.54, 1.807) is 0 Å². The van der Waals surface area contributed by atoms with Crippen LogP contribution in [0.2, 0.25) is 0 Å². The van der Waals surface area contributed by atoms with Crippen LogP contribution in [-0.2, 0) is 0 Å². The highest BCUT2D eigenvalue weighted by Gasteiger charge is 2.66. The Balaban J connectivity index is 2.19. The van der Waals surface area contributed by atoms with Crippen molar-refractivity contribution in [2.45, 2.75) is 86.0 Å². The van der Waals surface area contributed by atoms with Crippen LogP contribution < -0.4 is 18.3 Å². The monoisotopic (exact) mass is 583 g/mol. The number of benzene rings is 2. The largest absolute Gasteiger partial charge is 0.782 e. The lowest BCUT2D eigenvalue weighted by molar-refractivity contribution is -0.561. The number of nitrogens with zero attached hydrogens (tertiary/aromatic N) is 4. The lowest BCUT2D eigenvalue weighted by Gasteiger charge is -2.46. The smallest absolute Gasteiger partial charge is 0.377 e. The molecule has 1 aliphatic heterocycles. The molecule has 5 nitrogen and oxygen atoms in total. The second-order valence-corrected chi connectivity index (χ2v) is 15.7. The number of hydrogen-bond donors (Lipinski definition) is 1. The molecule has 1 aromatic heterocycles. The lowest BCUT2D eigenvalue weighted by atomic mass is 9.92. The number of allylic oxidation sites excluding steroid dienone is 2. The molecule has 0 spiro atoms. The minimum atomic E-state index is -3.85. The molecule has 1 N–H and O–H groups in total. The maximum Gasteiger partial charge on any atom is 0.782 e. The van der Waals surface area contributed by atoms with Crippen molar-refractivity contribution in [1.82, 2.24) is 0 Å². The van der Waals surface area contributed by atoms with E-state index in [1.807, 2.05) is 26.5 Å². The van der Waals surface area contributed by atoms with Crippen LogP contribution in [0, 0.1) is 0 Å². The first kappa shape index (κ1) is 31.6. The molecule has 4 rings (SSSR count). The molecule has 0 radical (unpaired) electrons. The van der Waals surface area contributed by atoms with E-state index in [4.69, 9.17) is 0 Å². The second kappa shape index (κ2) is 12.1. The van der Waals surface area contributed by atoms with Crippen LogP contribution in [0.15, 0.2) is 85.0 Å². The molecule has 0 saturated carbocycles. The molecule has 3 aromatic rings. The molecule has 0 amide bonds. The number of aromatic nitrogens is 1. The Labute approximate surface area is 255 Å². The fourth-order valence-electron chi connectivity index (χ4n) is 6.21. The number of para-hydroxylation sites is 2. The highest BCUT2D eigenvalue weighted by molar-refractivity contribution is 6.74. The number of hydrogen-bond acceptors (Lipinski definition) is 4. The fraction of sp³-hybridized carbons (Fsp3) is 0.417. The number of pyridine rings is 1. The van der Waals surface area contributed by atoms with Gasteiger partial charge in [-0.15, -0.1) is 0 Å². The summed E-state index contributed by atoms with van der Waals surface area (Å²) in [5.41, 5.74) is 9.98. The second-order valence-electron chi connectivity index (χ2n) is 13.1. The molecule has 224 valence electrons. The Hall–Kier alpha value is -3.35. The number of anilines is 3. The predicted octanol–water partition coefficient (Wildman–Crippen LogP) is 8.25. The van der Waals surface area contributed by atoms with E-state index in [0.29, 0.717) is 0 Å². The SMILES string of the molecule is C=C1C=C(C)N(c2c(C(C)C)cccc2C(C)C)[Si@](O)([n+]2ccc(N(C)C)cc2)N1c1c(C(C)C)cccc1C(C)C. The van der Waals surface area contributed by atoms with Crippen LogP contribution in [0.3, 0.4) is 0 Å². The molecular weight excluding hydrogens is 533 g/mol. The Morgan fingerprint density at radius 2 is 1.07 bits per heavy atom. The summed E-state index contributed by atoms with van der Waals surface area (Å²) in [7, 11) is 0.237. The number of rotatable bonds is 8. The summed E-state index contributed by atoms with van der Waals surface area (Å²) in [5.74, 6) is 1.08. The zero-order valence-electron chi connectivity index (χ0n) is 27.6. The minimum Gasteiger partial charge on any atom is -0.377 e. The summed E-state index contributed by atoms with van der Waals surface area (Å²) >= 11 is 0. The van der Waals surface area contributed by atoms with Gasteiger partial charge in [0.2, 0.25) is 0 Å². The minimum absolute atomic E-state index is 0.264. The fourth-order valence-corrected chi connectivity index (χ4v) is 9.52. The van der Waals surface area contributed by atoms with Gasteiger partial charge in [-0.2, -0.15) is 0 Å². The highest BCUT2D eigenvalue weighted by atomic mass is 28.4. The topological polar surface area (TPSA) is 33.8 Å². The quantitative estimate of drug-likeness (QED) is 0.271. The van der Waals surface area contributed by atoms with Crippen molar-refractivity contribution in [3.8, 4) is 0 Å². The summed E-state index contributed by atoms with van der Waals surface area (Å²) in [6.07, 6.45) is 6.25. The third-order valence-corrected chi connectivity index (χ3v) is 11.7. The van der Waals surface area contributed by atoms with Crippen LogP contribution >= 0.6 is 0 Å². The lowest BCUT2D eigenvalue weighted by Crippen LogP contribution is -2.84. The van der Waals surface area contributed by atoms with Crippen molar-refractivity contribution in [1.29, 1.82) is 0 Å². The Morgan fingerprint density at radius 1 is 0.690 bits per heavy atom. The van der Waals surface area contributed by atoms with E-state index < -0.39 is 8.80 Å².